The average molecular weight is 245 g/mol. The van der Waals surface area contributed by atoms with Gasteiger partial charge in [-0.25, -0.2) is 0 Å². The van der Waals surface area contributed by atoms with Gasteiger partial charge in [0.15, 0.2) is 0 Å². The number of benzene rings is 1. The fraction of sp³-hybridized carbons (Fsp3) is 0.222. The Labute approximate surface area is 84.1 Å². The molecule has 3 nitrogen and oxygen atoms in total. The summed E-state index contributed by atoms with van der Waals surface area (Å²) in [6, 6.07) is 6.70. The van der Waals surface area contributed by atoms with Crippen molar-refractivity contribution in [3.8, 4) is 5.75 Å². The minimum absolute atomic E-state index is 0.133. The van der Waals surface area contributed by atoms with Gasteiger partial charge in [0.2, 0.25) is 0 Å². The second-order valence-corrected chi connectivity index (χ2v) is 3.74. The van der Waals surface area contributed by atoms with Crippen LogP contribution in [0.3, 0.4) is 0 Å². The summed E-state index contributed by atoms with van der Waals surface area (Å²) in [4.78, 5) is 9.83. The normalized spacial score (nSPS) is 12.4. The molecule has 0 heterocycles. The standard InChI is InChI=1S/C9H9BrO3/c10-7(9(12)13)5-6-3-1-2-4-8(6)11/h1-4,7,11H,5H2,(H,12,13). The lowest BCUT2D eigenvalue weighted by Gasteiger charge is -2.05. The molecule has 0 fully saturated rings. The zero-order chi connectivity index (χ0) is 9.84. The van der Waals surface area contributed by atoms with Crippen LogP contribution in [-0.2, 0) is 11.2 Å². The summed E-state index contributed by atoms with van der Waals surface area (Å²) in [5.74, 6) is -0.795. The van der Waals surface area contributed by atoms with Crippen LogP contribution in [0.25, 0.3) is 0 Å². The van der Waals surface area contributed by atoms with E-state index in [4.69, 9.17) is 5.11 Å². The Kier molecular flexibility index (Phi) is 3.31. The number of hydrogen-bond donors (Lipinski definition) is 2. The summed E-state index contributed by atoms with van der Waals surface area (Å²) in [6.07, 6.45) is 0.280. The van der Waals surface area contributed by atoms with Gasteiger partial charge in [-0.05, 0) is 18.1 Å². The molecule has 1 aromatic rings. The molecule has 0 aliphatic rings. The van der Waals surface area contributed by atoms with E-state index in [1.165, 1.54) is 6.07 Å². The van der Waals surface area contributed by atoms with Gasteiger partial charge in [0.1, 0.15) is 10.6 Å². The Morgan fingerprint density at radius 1 is 1.46 bits per heavy atom. The number of hydrogen-bond acceptors (Lipinski definition) is 2. The molecule has 0 spiro atoms. The average Bonchev–Trinajstić information content (AvgIpc) is 2.08. The molecule has 70 valence electrons. The zero-order valence-corrected chi connectivity index (χ0v) is 8.36. The third-order valence-electron chi connectivity index (χ3n) is 1.66. The monoisotopic (exact) mass is 244 g/mol. The van der Waals surface area contributed by atoms with Gasteiger partial charge in [-0.15, -0.1) is 0 Å². The third-order valence-corrected chi connectivity index (χ3v) is 2.37. The highest BCUT2D eigenvalue weighted by molar-refractivity contribution is 9.10. The van der Waals surface area contributed by atoms with E-state index in [1.807, 2.05) is 0 Å². The lowest BCUT2D eigenvalue weighted by Crippen LogP contribution is -2.15. The summed E-state index contributed by atoms with van der Waals surface area (Å²) in [5, 5.41) is 17.9. The summed E-state index contributed by atoms with van der Waals surface area (Å²) in [7, 11) is 0. The van der Waals surface area contributed by atoms with Gasteiger partial charge in [0, 0.05) is 0 Å². The molecule has 1 atom stereocenters. The first kappa shape index (κ1) is 10.1. The van der Waals surface area contributed by atoms with Crippen molar-refractivity contribution >= 4 is 21.9 Å². The zero-order valence-electron chi connectivity index (χ0n) is 6.77. The number of phenolic OH excluding ortho intramolecular Hbond substituents is 1. The number of rotatable bonds is 3. The minimum atomic E-state index is -0.928. The van der Waals surface area contributed by atoms with Gasteiger partial charge < -0.3 is 10.2 Å². The first-order valence-corrected chi connectivity index (χ1v) is 4.66. The lowest BCUT2D eigenvalue weighted by molar-refractivity contribution is -0.136. The molecular weight excluding hydrogens is 236 g/mol. The maximum absolute atomic E-state index is 10.5. The SMILES string of the molecule is O=C(O)C(Br)Cc1ccccc1O. The Morgan fingerprint density at radius 3 is 2.62 bits per heavy atom. The van der Waals surface area contributed by atoms with Gasteiger partial charge in [-0.3, -0.25) is 4.79 Å². The molecular formula is C9H9BrO3. The molecule has 1 aromatic carbocycles. The smallest absolute Gasteiger partial charge is 0.317 e. The van der Waals surface area contributed by atoms with E-state index in [9.17, 15) is 9.90 Å². The molecule has 0 aromatic heterocycles. The maximum atomic E-state index is 10.5. The van der Waals surface area contributed by atoms with Gasteiger partial charge >= 0.3 is 5.97 Å². The number of alkyl halides is 1. The number of halogens is 1. The van der Waals surface area contributed by atoms with E-state index in [1.54, 1.807) is 18.2 Å². The van der Waals surface area contributed by atoms with Gasteiger partial charge in [0.25, 0.3) is 0 Å². The van der Waals surface area contributed by atoms with Crippen molar-refractivity contribution in [2.24, 2.45) is 0 Å². The molecule has 4 heteroatoms. The lowest BCUT2D eigenvalue weighted by atomic mass is 10.1. The molecule has 0 aliphatic carbocycles. The van der Waals surface area contributed by atoms with E-state index >= 15 is 0 Å². The molecule has 13 heavy (non-hydrogen) atoms. The highest BCUT2D eigenvalue weighted by Crippen LogP contribution is 2.19. The van der Waals surface area contributed by atoms with E-state index in [0.717, 1.165) is 0 Å². The van der Waals surface area contributed by atoms with Crippen LogP contribution in [0, 0.1) is 0 Å². The summed E-state index contributed by atoms with van der Waals surface area (Å²) in [5.41, 5.74) is 0.631. The van der Waals surface area contributed by atoms with Crippen molar-refractivity contribution in [1.29, 1.82) is 0 Å². The Balaban J connectivity index is 2.74. The topological polar surface area (TPSA) is 57.5 Å². The van der Waals surface area contributed by atoms with Crippen molar-refractivity contribution in [1.82, 2.24) is 0 Å². The largest absolute Gasteiger partial charge is 0.508 e. The Bertz CT molecular complexity index is 311. The fourth-order valence-electron chi connectivity index (χ4n) is 0.964. The number of carboxylic acid groups (broad SMARTS) is 1. The second-order valence-electron chi connectivity index (χ2n) is 2.64. The van der Waals surface area contributed by atoms with E-state index in [2.05, 4.69) is 15.9 Å². The number of carbonyl (C=O) groups is 1. The molecule has 0 saturated carbocycles. The Hall–Kier alpha value is -1.03. The van der Waals surface area contributed by atoms with E-state index < -0.39 is 10.8 Å². The van der Waals surface area contributed by atoms with Crippen LogP contribution in [0.2, 0.25) is 0 Å². The second kappa shape index (κ2) is 4.28. The minimum Gasteiger partial charge on any atom is -0.508 e. The van der Waals surface area contributed by atoms with Gasteiger partial charge in [0.05, 0.1) is 0 Å². The predicted octanol–water partition coefficient (Wildman–Crippen LogP) is 1.78. The van der Waals surface area contributed by atoms with Crippen LogP contribution < -0.4 is 0 Å². The molecule has 0 saturated heterocycles. The summed E-state index contributed by atoms with van der Waals surface area (Å²) in [6.45, 7) is 0. The Morgan fingerprint density at radius 2 is 2.08 bits per heavy atom. The number of phenols is 1. The molecule has 0 amide bonds. The van der Waals surface area contributed by atoms with Crippen molar-refractivity contribution in [2.45, 2.75) is 11.2 Å². The van der Waals surface area contributed by atoms with E-state index in [0.29, 0.717) is 5.56 Å². The number of aromatic hydroxyl groups is 1. The highest BCUT2D eigenvalue weighted by Gasteiger charge is 2.14. The van der Waals surface area contributed by atoms with Crippen LogP contribution in [-0.4, -0.2) is 21.0 Å². The van der Waals surface area contributed by atoms with Crippen LogP contribution >= 0.6 is 15.9 Å². The van der Waals surface area contributed by atoms with E-state index in [-0.39, 0.29) is 12.2 Å². The summed E-state index contributed by atoms with van der Waals surface area (Å²) >= 11 is 3.00. The van der Waals surface area contributed by atoms with Crippen molar-refractivity contribution in [3.63, 3.8) is 0 Å². The molecule has 0 bridgehead atoms. The van der Waals surface area contributed by atoms with Crippen LogP contribution in [0.4, 0.5) is 0 Å². The highest BCUT2D eigenvalue weighted by atomic mass is 79.9. The maximum Gasteiger partial charge on any atom is 0.317 e. The van der Waals surface area contributed by atoms with Crippen molar-refractivity contribution < 1.29 is 15.0 Å². The van der Waals surface area contributed by atoms with Gasteiger partial charge in [-0.2, -0.15) is 0 Å². The summed E-state index contributed by atoms with van der Waals surface area (Å²) < 4.78 is 0. The molecule has 2 N–H and O–H groups in total. The molecule has 0 aliphatic heterocycles. The number of carboxylic acids is 1. The van der Waals surface area contributed by atoms with Crippen LogP contribution in [0.15, 0.2) is 24.3 Å². The van der Waals surface area contributed by atoms with Crippen LogP contribution in [0.1, 0.15) is 5.56 Å². The molecule has 1 rings (SSSR count). The first-order chi connectivity index (χ1) is 6.11. The van der Waals surface area contributed by atoms with Crippen molar-refractivity contribution in [3.05, 3.63) is 29.8 Å². The molecule has 1 unspecified atom stereocenters. The fourth-order valence-corrected chi connectivity index (χ4v) is 1.31. The van der Waals surface area contributed by atoms with Crippen LogP contribution in [0.5, 0.6) is 5.75 Å². The predicted molar refractivity (Wildman–Crippen MR) is 52.2 cm³/mol. The first-order valence-electron chi connectivity index (χ1n) is 3.75. The number of aliphatic carboxylic acids is 1. The number of para-hydroxylation sites is 1. The molecule has 0 radical (unpaired) electrons. The quantitative estimate of drug-likeness (QED) is 0.798. The third kappa shape index (κ3) is 2.73. The van der Waals surface area contributed by atoms with Gasteiger partial charge in [-0.1, -0.05) is 34.1 Å². The van der Waals surface area contributed by atoms with Crippen molar-refractivity contribution in [2.75, 3.05) is 0 Å².